The predicted molar refractivity (Wildman–Crippen MR) is 78.9 cm³/mol. The highest BCUT2D eigenvalue weighted by atomic mass is 15.3. The Morgan fingerprint density at radius 3 is 2.28 bits per heavy atom. The Balaban J connectivity index is 2.19. The van der Waals surface area contributed by atoms with E-state index in [4.69, 9.17) is 0 Å². The van der Waals surface area contributed by atoms with Crippen LogP contribution in [0.25, 0.3) is 0 Å². The van der Waals surface area contributed by atoms with E-state index in [1.165, 1.54) is 45.2 Å². The first kappa shape index (κ1) is 14.3. The van der Waals surface area contributed by atoms with Crippen LogP contribution >= 0.6 is 0 Å². The fourth-order valence-electron chi connectivity index (χ4n) is 3.79. The van der Waals surface area contributed by atoms with Crippen LogP contribution in [0.2, 0.25) is 0 Å². The van der Waals surface area contributed by atoms with E-state index in [2.05, 4.69) is 44.8 Å². The molecule has 1 aliphatic carbocycles. The lowest BCUT2D eigenvalue weighted by Crippen LogP contribution is -2.70. The summed E-state index contributed by atoms with van der Waals surface area (Å²) in [5.74, 6) is 0.753. The standard InChI is InChI=1S/C16H32N2/c1-6-15(5)12-18(14(11-17-15)13(3)4)16(7-2)9-8-10-16/h13-14,17H,6-12H2,1-5H3. The normalized spacial score (nSPS) is 36.7. The van der Waals surface area contributed by atoms with Crippen LogP contribution in [0.3, 0.4) is 0 Å². The third-order valence-electron chi connectivity index (χ3n) is 5.76. The zero-order valence-corrected chi connectivity index (χ0v) is 13.1. The summed E-state index contributed by atoms with van der Waals surface area (Å²) >= 11 is 0. The molecule has 1 saturated heterocycles. The van der Waals surface area contributed by atoms with Crippen molar-refractivity contribution in [3.05, 3.63) is 0 Å². The van der Waals surface area contributed by atoms with Crippen LogP contribution < -0.4 is 5.32 Å². The van der Waals surface area contributed by atoms with E-state index >= 15 is 0 Å². The second kappa shape index (κ2) is 5.13. The molecule has 2 aliphatic rings. The Bertz CT molecular complexity index is 277. The summed E-state index contributed by atoms with van der Waals surface area (Å²) in [6.45, 7) is 14.3. The average molecular weight is 252 g/mol. The van der Waals surface area contributed by atoms with Gasteiger partial charge in [-0.3, -0.25) is 4.90 Å². The Morgan fingerprint density at radius 1 is 1.22 bits per heavy atom. The van der Waals surface area contributed by atoms with E-state index in [9.17, 15) is 0 Å². The summed E-state index contributed by atoms with van der Waals surface area (Å²) in [5.41, 5.74) is 0.858. The third-order valence-corrected chi connectivity index (χ3v) is 5.76. The zero-order valence-electron chi connectivity index (χ0n) is 13.1. The van der Waals surface area contributed by atoms with E-state index in [0.29, 0.717) is 11.1 Å². The van der Waals surface area contributed by atoms with Gasteiger partial charge in [0, 0.05) is 30.2 Å². The average Bonchev–Trinajstić information content (AvgIpc) is 2.28. The molecule has 1 heterocycles. The lowest BCUT2D eigenvalue weighted by molar-refractivity contribution is -0.0723. The van der Waals surface area contributed by atoms with Crippen molar-refractivity contribution in [3.8, 4) is 0 Å². The van der Waals surface area contributed by atoms with E-state index in [0.717, 1.165) is 12.0 Å². The van der Waals surface area contributed by atoms with Crippen molar-refractivity contribution in [2.24, 2.45) is 5.92 Å². The van der Waals surface area contributed by atoms with Gasteiger partial charge in [0.2, 0.25) is 0 Å². The minimum atomic E-state index is 0.323. The molecule has 2 rings (SSSR count). The van der Waals surface area contributed by atoms with Gasteiger partial charge in [-0.15, -0.1) is 0 Å². The Kier molecular flexibility index (Phi) is 4.08. The minimum absolute atomic E-state index is 0.323. The number of hydrogen-bond donors (Lipinski definition) is 1. The molecular formula is C16H32N2. The molecule has 106 valence electrons. The Hall–Kier alpha value is -0.0800. The quantitative estimate of drug-likeness (QED) is 0.825. The van der Waals surface area contributed by atoms with Gasteiger partial charge in [-0.05, 0) is 44.9 Å². The number of nitrogens with one attached hydrogen (secondary N) is 1. The van der Waals surface area contributed by atoms with Crippen molar-refractivity contribution in [1.29, 1.82) is 0 Å². The SMILES string of the molecule is CCC1(C)CN(C2(CC)CCC2)C(C(C)C)CN1. The molecule has 0 aromatic carbocycles. The second-order valence-electron chi connectivity index (χ2n) is 7.17. The van der Waals surface area contributed by atoms with Crippen molar-refractivity contribution in [2.45, 2.75) is 83.8 Å². The molecule has 0 radical (unpaired) electrons. The fraction of sp³-hybridized carbons (Fsp3) is 1.00. The van der Waals surface area contributed by atoms with Crippen molar-refractivity contribution in [1.82, 2.24) is 10.2 Å². The van der Waals surface area contributed by atoms with E-state index in [-0.39, 0.29) is 0 Å². The van der Waals surface area contributed by atoms with E-state index < -0.39 is 0 Å². The maximum Gasteiger partial charge on any atom is 0.0278 e. The predicted octanol–water partition coefficient (Wildman–Crippen LogP) is 3.42. The molecule has 2 fully saturated rings. The topological polar surface area (TPSA) is 15.3 Å². The molecule has 0 amide bonds. The van der Waals surface area contributed by atoms with Crippen LogP contribution in [-0.4, -0.2) is 35.1 Å². The Morgan fingerprint density at radius 2 is 1.89 bits per heavy atom. The van der Waals surface area contributed by atoms with E-state index in [1.807, 2.05) is 0 Å². The van der Waals surface area contributed by atoms with Gasteiger partial charge in [0.25, 0.3) is 0 Å². The highest BCUT2D eigenvalue weighted by molar-refractivity contribution is 5.06. The molecule has 2 unspecified atom stereocenters. The smallest absolute Gasteiger partial charge is 0.0278 e. The molecular weight excluding hydrogens is 220 g/mol. The summed E-state index contributed by atoms with van der Waals surface area (Å²) in [5, 5.41) is 3.81. The second-order valence-corrected chi connectivity index (χ2v) is 7.17. The van der Waals surface area contributed by atoms with Crippen LogP contribution in [0.4, 0.5) is 0 Å². The summed E-state index contributed by atoms with van der Waals surface area (Å²) in [7, 11) is 0. The number of nitrogens with zero attached hydrogens (tertiary/aromatic N) is 1. The van der Waals surface area contributed by atoms with Gasteiger partial charge in [0.1, 0.15) is 0 Å². The first-order chi connectivity index (χ1) is 8.46. The molecule has 2 heteroatoms. The monoisotopic (exact) mass is 252 g/mol. The van der Waals surface area contributed by atoms with Gasteiger partial charge in [0.05, 0.1) is 0 Å². The van der Waals surface area contributed by atoms with Gasteiger partial charge in [-0.2, -0.15) is 0 Å². The third kappa shape index (κ3) is 2.34. The van der Waals surface area contributed by atoms with Crippen LogP contribution in [0, 0.1) is 5.92 Å². The van der Waals surface area contributed by atoms with Crippen LogP contribution in [0.15, 0.2) is 0 Å². The molecule has 2 atom stereocenters. The first-order valence-electron chi connectivity index (χ1n) is 7.98. The summed E-state index contributed by atoms with van der Waals surface area (Å²) < 4.78 is 0. The highest BCUT2D eigenvalue weighted by Crippen LogP contribution is 2.44. The molecule has 0 aromatic heterocycles. The lowest BCUT2D eigenvalue weighted by Gasteiger charge is -2.59. The highest BCUT2D eigenvalue weighted by Gasteiger charge is 2.48. The summed E-state index contributed by atoms with van der Waals surface area (Å²) in [6, 6.07) is 0.727. The summed E-state index contributed by atoms with van der Waals surface area (Å²) in [4.78, 5) is 2.89. The molecule has 0 bridgehead atoms. The van der Waals surface area contributed by atoms with E-state index in [1.54, 1.807) is 0 Å². The van der Waals surface area contributed by atoms with Crippen molar-refractivity contribution in [2.75, 3.05) is 13.1 Å². The molecule has 0 aromatic rings. The minimum Gasteiger partial charge on any atom is -0.309 e. The number of piperazine rings is 1. The van der Waals surface area contributed by atoms with Crippen molar-refractivity contribution >= 4 is 0 Å². The molecule has 18 heavy (non-hydrogen) atoms. The molecule has 1 aliphatic heterocycles. The molecule has 2 nitrogen and oxygen atoms in total. The largest absolute Gasteiger partial charge is 0.309 e. The van der Waals surface area contributed by atoms with Crippen LogP contribution in [0.1, 0.15) is 66.7 Å². The maximum atomic E-state index is 3.81. The lowest BCUT2D eigenvalue weighted by atomic mass is 9.70. The zero-order chi connectivity index (χ0) is 13.4. The number of rotatable bonds is 4. The van der Waals surface area contributed by atoms with Gasteiger partial charge in [0.15, 0.2) is 0 Å². The van der Waals surface area contributed by atoms with Crippen LogP contribution in [0.5, 0.6) is 0 Å². The summed E-state index contributed by atoms with van der Waals surface area (Å²) in [6.07, 6.45) is 6.84. The maximum absolute atomic E-state index is 3.81. The van der Waals surface area contributed by atoms with Gasteiger partial charge in [-0.1, -0.05) is 27.7 Å². The van der Waals surface area contributed by atoms with Gasteiger partial charge in [-0.25, -0.2) is 0 Å². The molecule has 0 spiro atoms. The van der Waals surface area contributed by atoms with Crippen LogP contribution in [-0.2, 0) is 0 Å². The van der Waals surface area contributed by atoms with Crippen molar-refractivity contribution < 1.29 is 0 Å². The van der Waals surface area contributed by atoms with Gasteiger partial charge >= 0.3 is 0 Å². The molecule has 1 N–H and O–H groups in total. The van der Waals surface area contributed by atoms with Crippen molar-refractivity contribution in [3.63, 3.8) is 0 Å². The Labute approximate surface area is 114 Å². The molecule has 1 saturated carbocycles. The van der Waals surface area contributed by atoms with Gasteiger partial charge < -0.3 is 5.32 Å². The first-order valence-corrected chi connectivity index (χ1v) is 7.98. The number of hydrogen-bond acceptors (Lipinski definition) is 2. The fourth-order valence-corrected chi connectivity index (χ4v) is 3.79.